The Morgan fingerprint density at radius 3 is 2.08 bits per heavy atom. The normalized spacial score (nSPS) is 12.1. The van der Waals surface area contributed by atoms with Crippen LogP contribution >= 0.6 is 23.5 Å². The van der Waals surface area contributed by atoms with Gasteiger partial charge in [-0.2, -0.15) is 13.6 Å². The fraction of sp³-hybridized carbons (Fsp3) is 0.333. The van der Waals surface area contributed by atoms with Crippen LogP contribution < -0.4 is 11.0 Å². The number of aromatic amines is 1. The minimum atomic E-state index is -5.46. The molecule has 150 valence electrons. The Hall–Kier alpha value is -1.17. The van der Waals surface area contributed by atoms with Crippen molar-refractivity contribution in [3.63, 3.8) is 0 Å². The second-order valence-corrected chi connectivity index (χ2v) is 8.73. The lowest BCUT2D eigenvalue weighted by atomic mass is 10.2. The van der Waals surface area contributed by atoms with Gasteiger partial charge in [0.2, 0.25) is 0 Å². The van der Waals surface area contributed by atoms with Gasteiger partial charge in [-0.05, 0) is 19.4 Å². The average Bonchev–Trinajstić information content (AvgIpc) is 2.32. The van der Waals surface area contributed by atoms with Gasteiger partial charge in [0.25, 0.3) is 0 Å². The molecule has 17 heteroatoms. The molecule has 0 aliphatic heterocycles. The topological polar surface area (TPSA) is 229 Å². The fourth-order valence-electron chi connectivity index (χ4n) is 1.16. The first-order valence-corrected chi connectivity index (χ1v) is 11.0. The molecule has 0 fully saturated rings. The Morgan fingerprint density at radius 2 is 1.69 bits per heavy atom. The summed E-state index contributed by atoms with van der Waals surface area (Å²) < 4.78 is 36.4. The lowest BCUT2D eigenvalue weighted by Gasteiger charge is -2.11. The smallest absolute Gasteiger partial charge is 0.370 e. The van der Waals surface area contributed by atoms with E-state index in [1.165, 1.54) is 0 Å². The predicted molar refractivity (Wildman–Crippen MR) is 88.9 cm³/mol. The van der Waals surface area contributed by atoms with Crippen LogP contribution in [0.2, 0.25) is 0 Å². The molecule has 0 amide bonds. The van der Waals surface area contributed by atoms with Crippen LogP contribution in [0.4, 0.5) is 5.82 Å². The summed E-state index contributed by atoms with van der Waals surface area (Å²) in [4.78, 5) is 57.1. The SMILES string of the molecule is C=C(C)CCNc1cc[nH]c(=O)n1.O=P(O)(O)OP(=O)(O)OP(=O)(O)O. The summed E-state index contributed by atoms with van der Waals surface area (Å²) in [5.74, 6) is 0.602. The van der Waals surface area contributed by atoms with Crippen LogP contribution in [0.5, 0.6) is 0 Å². The molecule has 1 heterocycles. The van der Waals surface area contributed by atoms with E-state index in [0.29, 0.717) is 5.82 Å². The molecule has 0 unspecified atom stereocenters. The number of hydrogen-bond acceptors (Lipinski definition) is 8. The standard InChI is InChI=1S/C9H13N3O.H5O10P3/c1-7(2)3-5-10-8-4-6-11-9(13)12-8;1-11(2,3)9-13(7,8)10-12(4,5)6/h4,6H,1,3,5H2,2H3,(H2,10,11,12,13);(H,7,8)(H2,1,2,3)(H2,4,5,6). The van der Waals surface area contributed by atoms with Gasteiger partial charge < -0.3 is 34.8 Å². The van der Waals surface area contributed by atoms with Gasteiger partial charge in [0.05, 0.1) is 0 Å². The minimum Gasteiger partial charge on any atom is -0.370 e. The van der Waals surface area contributed by atoms with Crippen LogP contribution in [0.1, 0.15) is 13.3 Å². The molecule has 7 N–H and O–H groups in total. The molecule has 0 aromatic carbocycles. The zero-order chi connectivity index (χ0) is 20.6. The quantitative estimate of drug-likeness (QED) is 0.217. The van der Waals surface area contributed by atoms with Gasteiger partial charge in [-0.3, -0.25) is 0 Å². The fourth-order valence-corrected chi connectivity index (χ4v) is 3.70. The second-order valence-electron chi connectivity index (χ2n) is 4.53. The molecule has 0 spiro atoms. The largest absolute Gasteiger partial charge is 0.490 e. The molecule has 0 aliphatic carbocycles. The van der Waals surface area contributed by atoms with Gasteiger partial charge in [-0.1, -0.05) is 5.57 Å². The Labute approximate surface area is 147 Å². The maximum atomic E-state index is 10.8. The van der Waals surface area contributed by atoms with Gasteiger partial charge >= 0.3 is 29.2 Å². The van der Waals surface area contributed by atoms with Gasteiger partial charge in [0.1, 0.15) is 5.82 Å². The molecule has 0 radical (unpaired) electrons. The molecule has 1 aromatic heterocycles. The number of anilines is 1. The molecular weight excluding hydrogens is 419 g/mol. The summed E-state index contributed by atoms with van der Waals surface area (Å²) >= 11 is 0. The Kier molecular flexibility index (Phi) is 9.78. The number of aromatic nitrogens is 2. The van der Waals surface area contributed by atoms with Gasteiger partial charge in [-0.25, -0.2) is 18.5 Å². The van der Waals surface area contributed by atoms with E-state index in [2.05, 4.69) is 30.5 Å². The van der Waals surface area contributed by atoms with E-state index >= 15 is 0 Å². The van der Waals surface area contributed by atoms with Crippen molar-refractivity contribution < 1.29 is 46.8 Å². The Morgan fingerprint density at radius 1 is 1.19 bits per heavy atom. The zero-order valence-electron chi connectivity index (χ0n) is 13.3. The molecular formula is C9H18N3O11P3. The van der Waals surface area contributed by atoms with Crippen molar-refractivity contribution in [2.24, 2.45) is 0 Å². The molecule has 0 saturated carbocycles. The average molecular weight is 437 g/mol. The van der Waals surface area contributed by atoms with Crippen molar-refractivity contribution in [2.45, 2.75) is 13.3 Å². The highest BCUT2D eigenvalue weighted by Crippen LogP contribution is 2.64. The lowest BCUT2D eigenvalue weighted by Crippen LogP contribution is -2.13. The summed E-state index contributed by atoms with van der Waals surface area (Å²) in [6, 6.07) is 1.72. The molecule has 0 saturated heterocycles. The van der Waals surface area contributed by atoms with Crippen LogP contribution in [-0.4, -0.2) is 41.0 Å². The Bertz CT molecular complexity index is 769. The monoisotopic (exact) mass is 437 g/mol. The highest BCUT2D eigenvalue weighted by Gasteiger charge is 2.38. The van der Waals surface area contributed by atoms with Crippen LogP contribution in [0.15, 0.2) is 29.2 Å². The molecule has 14 nitrogen and oxygen atoms in total. The number of rotatable bonds is 8. The van der Waals surface area contributed by atoms with Gasteiger partial charge in [0.15, 0.2) is 0 Å². The van der Waals surface area contributed by atoms with Crippen molar-refractivity contribution in [1.82, 2.24) is 9.97 Å². The zero-order valence-corrected chi connectivity index (χ0v) is 15.9. The molecule has 26 heavy (non-hydrogen) atoms. The summed E-state index contributed by atoms with van der Waals surface area (Å²) in [7, 11) is -16.2. The highest BCUT2D eigenvalue weighted by atomic mass is 31.3. The van der Waals surface area contributed by atoms with Crippen LogP contribution in [0, 0.1) is 0 Å². The third-order valence-corrected chi connectivity index (χ3v) is 5.30. The molecule has 0 aliphatic rings. The number of H-pyrrole nitrogens is 1. The molecule has 0 atom stereocenters. The van der Waals surface area contributed by atoms with Crippen LogP contribution in [0.3, 0.4) is 0 Å². The van der Waals surface area contributed by atoms with Crippen molar-refractivity contribution in [3.05, 3.63) is 34.9 Å². The first-order chi connectivity index (χ1) is 11.6. The van der Waals surface area contributed by atoms with Crippen LogP contribution in [0.25, 0.3) is 0 Å². The summed E-state index contributed by atoms with van der Waals surface area (Å²) in [6.07, 6.45) is 2.45. The van der Waals surface area contributed by atoms with E-state index in [-0.39, 0.29) is 5.69 Å². The first kappa shape index (κ1) is 24.8. The Balaban J connectivity index is 0.000000481. The summed E-state index contributed by atoms with van der Waals surface area (Å²) in [5.41, 5.74) is 0.776. The van der Waals surface area contributed by atoms with Crippen molar-refractivity contribution in [1.29, 1.82) is 0 Å². The third-order valence-electron chi connectivity index (χ3n) is 1.95. The van der Waals surface area contributed by atoms with E-state index < -0.39 is 23.5 Å². The number of nitrogens with zero attached hydrogens (tertiary/aromatic N) is 1. The van der Waals surface area contributed by atoms with E-state index in [9.17, 15) is 18.5 Å². The maximum Gasteiger partial charge on any atom is 0.490 e. The number of hydrogen-bond donors (Lipinski definition) is 7. The maximum absolute atomic E-state index is 10.8. The van der Waals surface area contributed by atoms with E-state index in [1.54, 1.807) is 12.3 Å². The minimum absolute atomic E-state index is 0.333. The number of nitrogens with one attached hydrogen (secondary N) is 2. The van der Waals surface area contributed by atoms with Crippen molar-refractivity contribution in [3.8, 4) is 0 Å². The van der Waals surface area contributed by atoms with Crippen molar-refractivity contribution >= 4 is 29.3 Å². The predicted octanol–water partition coefficient (Wildman–Crippen LogP) is 0.453. The lowest BCUT2D eigenvalue weighted by molar-refractivity contribution is 0.204. The van der Waals surface area contributed by atoms with E-state index in [0.717, 1.165) is 18.5 Å². The third kappa shape index (κ3) is 15.1. The first-order valence-electron chi connectivity index (χ1n) is 6.40. The summed E-state index contributed by atoms with van der Waals surface area (Å²) in [6.45, 7) is 6.50. The second kappa shape index (κ2) is 10.2. The molecule has 1 rings (SSSR count). The molecule has 0 bridgehead atoms. The number of phosphoric acid groups is 3. The van der Waals surface area contributed by atoms with Gasteiger partial charge in [-0.15, -0.1) is 6.58 Å². The van der Waals surface area contributed by atoms with Crippen LogP contribution in [-0.2, 0) is 22.3 Å². The van der Waals surface area contributed by atoms with E-state index in [4.69, 9.17) is 24.5 Å². The van der Waals surface area contributed by atoms with Crippen molar-refractivity contribution in [2.75, 3.05) is 11.9 Å². The highest BCUT2D eigenvalue weighted by molar-refractivity contribution is 7.66. The summed E-state index contributed by atoms with van der Waals surface area (Å²) in [5, 5.41) is 3.02. The van der Waals surface area contributed by atoms with E-state index in [1.807, 2.05) is 6.92 Å². The molecule has 1 aromatic rings. The van der Waals surface area contributed by atoms with Gasteiger partial charge in [0, 0.05) is 12.7 Å².